The van der Waals surface area contributed by atoms with E-state index in [-0.39, 0.29) is 11.9 Å². The van der Waals surface area contributed by atoms with Gasteiger partial charge in [-0.3, -0.25) is 4.79 Å². The zero-order valence-corrected chi connectivity index (χ0v) is 14.1. The molecule has 1 aliphatic carbocycles. The molecule has 2 aromatic rings. The van der Waals surface area contributed by atoms with Gasteiger partial charge in [0.2, 0.25) is 11.7 Å². The standard InChI is InChI=1S/C18H22N2O4/c1-3-16-19-18(20-24-16)14-6-7-15-12(10-14)4-5-13(15)11-17(21)23-9-8-22-2/h6-7,10,13H,3-5,8-9,11H2,1-2H3/t13-/m0/s1. The Hall–Kier alpha value is -2.21. The quantitative estimate of drug-likeness (QED) is 0.574. The van der Waals surface area contributed by atoms with Crippen LogP contribution in [0.2, 0.25) is 0 Å². The number of carbonyl (C=O) groups excluding carboxylic acids is 1. The Balaban J connectivity index is 1.68. The molecule has 6 nitrogen and oxygen atoms in total. The van der Waals surface area contributed by atoms with Crippen LogP contribution in [-0.4, -0.2) is 36.4 Å². The zero-order chi connectivity index (χ0) is 16.9. The number of fused-ring (bicyclic) bond motifs is 1. The second kappa shape index (κ2) is 7.57. The van der Waals surface area contributed by atoms with Gasteiger partial charge in [0, 0.05) is 19.1 Å². The second-order valence-corrected chi connectivity index (χ2v) is 5.93. The molecule has 1 aliphatic rings. The third-order valence-electron chi connectivity index (χ3n) is 4.34. The van der Waals surface area contributed by atoms with Gasteiger partial charge in [0.15, 0.2) is 0 Å². The number of ether oxygens (including phenoxy) is 2. The summed E-state index contributed by atoms with van der Waals surface area (Å²) in [5, 5.41) is 4.02. The monoisotopic (exact) mass is 330 g/mol. The first kappa shape index (κ1) is 16.6. The average molecular weight is 330 g/mol. The predicted molar refractivity (Wildman–Crippen MR) is 87.6 cm³/mol. The van der Waals surface area contributed by atoms with Gasteiger partial charge in [-0.2, -0.15) is 4.98 Å². The van der Waals surface area contributed by atoms with Gasteiger partial charge >= 0.3 is 5.97 Å². The minimum absolute atomic E-state index is 0.167. The fourth-order valence-electron chi connectivity index (χ4n) is 3.07. The van der Waals surface area contributed by atoms with Crippen LogP contribution in [0.15, 0.2) is 22.7 Å². The van der Waals surface area contributed by atoms with E-state index in [9.17, 15) is 4.79 Å². The van der Waals surface area contributed by atoms with Crippen LogP contribution in [0.3, 0.4) is 0 Å². The molecule has 3 rings (SSSR count). The number of aromatic nitrogens is 2. The van der Waals surface area contributed by atoms with Crippen molar-refractivity contribution in [1.29, 1.82) is 0 Å². The molecule has 1 heterocycles. The fourth-order valence-corrected chi connectivity index (χ4v) is 3.07. The van der Waals surface area contributed by atoms with Gasteiger partial charge in [0.05, 0.1) is 13.0 Å². The molecule has 0 aliphatic heterocycles. The molecule has 0 amide bonds. The molecule has 0 saturated heterocycles. The average Bonchev–Trinajstić information content (AvgIpc) is 3.22. The first-order valence-electron chi connectivity index (χ1n) is 8.31. The van der Waals surface area contributed by atoms with Crippen molar-refractivity contribution in [3.63, 3.8) is 0 Å². The van der Waals surface area contributed by atoms with Gasteiger partial charge in [0.25, 0.3) is 0 Å². The van der Waals surface area contributed by atoms with Crippen molar-refractivity contribution in [2.24, 2.45) is 0 Å². The molecule has 0 unspecified atom stereocenters. The maximum Gasteiger partial charge on any atom is 0.306 e. The van der Waals surface area contributed by atoms with E-state index in [1.807, 2.05) is 13.0 Å². The van der Waals surface area contributed by atoms with E-state index in [0.717, 1.165) is 24.8 Å². The summed E-state index contributed by atoms with van der Waals surface area (Å²) in [6.07, 6.45) is 3.06. The zero-order valence-electron chi connectivity index (χ0n) is 14.1. The van der Waals surface area contributed by atoms with Gasteiger partial charge < -0.3 is 14.0 Å². The summed E-state index contributed by atoms with van der Waals surface area (Å²) in [6.45, 7) is 2.72. The molecule has 0 bridgehead atoms. The molecule has 1 aromatic carbocycles. The molecule has 0 fully saturated rings. The second-order valence-electron chi connectivity index (χ2n) is 5.93. The van der Waals surface area contributed by atoms with E-state index in [1.165, 1.54) is 11.1 Å². The van der Waals surface area contributed by atoms with Crippen LogP contribution in [0.1, 0.15) is 42.7 Å². The first-order chi connectivity index (χ1) is 11.7. The topological polar surface area (TPSA) is 74.5 Å². The normalized spacial score (nSPS) is 16.2. The summed E-state index contributed by atoms with van der Waals surface area (Å²) in [5.74, 6) is 1.32. The minimum atomic E-state index is -0.167. The van der Waals surface area contributed by atoms with Crippen LogP contribution in [0, 0.1) is 0 Å². The lowest BCUT2D eigenvalue weighted by molar-refractivity contribution is -0.145. The molecular formula is C18H22N2O4. The lowest BCUT2D eigenvalue weighted by Crippen LogP contribution is -2.12. The number of aryl methyl sites for hydroxylation is 2. The fraction of sp³-hybridized carbons (Fsp3) is 0.500. The lowest BCUT2D eigenvalue weighted by Gasteiger charge is -2.11. The highest BCUT2D eigenvalue weighted by Gasteiger charge is 2.26. The highest BCUT2D eigenvalue weighted by Crippen LogP contribution is 2.37. The van der Waals surface area contributed by atoms with Crippen LogP contribution >= 0.6 is 0 Å². The Kier molecular flexibility index (Phi) is 5.25. The Bertz CT molecular complexity index is 711. The van der Waals surface area contributed by atoms with Crippen molar-refractivity contribution >= 4 is 5.97 Å². The van der Waals surface area contributed by atoms with Crippen LogP contribution in [0.25, 0.3) is 11.4 Å². The molecule has 6 heteroatoms. The van der Waals surface area contributed by atoms with Crippen LogP contribution in [-0.2, 0) is 27.1 Å². The highest BCUT2D eigenvalue weighted by atomic mass is 16.6. The molecule has 1 aromatic heterocycles. The predicted octanol–water partition coefficient (Wildman–Crippen LogP) is 2.91. The third-order valence-corrected chi connectivity index (χ3v) is 4.34. The largest absolute Gasteiger partial charge is 0.463 e. The first-order valence-corrected chi connectivity index (χ1v) is 8.31. The Morgan fingerprint density at radius 1 is 1.38 bits per heavy atom. The summed E-state index contributed by atoms with van der Waals surface area (Å²) < 4.78 is 15.2. The lowest BCUT2D eigenvalue weighted by atomic mass is 9.97. The number of carbonyl (C=O) groups is 1. The number of hydrogen-bond donors (Lipinski definition) is 0. The Morgan fingerprint density at radius 3 is 3.00 bits per heavy atom. The van der Waals surface area contributed by atoms with Crippen molar-refractivity contribution in [2.75, 3.05) is 20.3 Å². The number of rotatable bonds is 7. The number of esters is 1. The molecule has 0 saturated carbocycles. The van der Waals surface area contributed by atoms with Crippen LogP contribution < -0.4 is 0 Å². The molecule has 0 N–H and O–H groups in total. The summed E-state index contributed by atoms with van der Waals surface area (Å²) >= 11 is 0. The summed E-state index contributed by atoms with van der Waals surface area (Å²) in [5.41, 5.74) is 3.44. The molecular weight excluding hydrogens is 308 g/mol. The highest BCUT2D eigenvalue weighted by molar-refractivity contribution is 5.71. The summed E-state index contributed by atoms with van der Waals surface area (Å²) in [7, 11) is 1.59. The van der Waals surface area contributed by atoms with Crippen molar-refractivity contribution in [3.8, 4) is 11.4 Å². The maximum atomic E-state index is 11.9. The number of methoxy groups -OCH3 is 1. The van der Waals surface area contributed by atoms with Crippen molar-refractivity contribution < 1.29 is 18.8 Å². The molecule has 128 valence electrons. The smallest absolute Gasteiger partial charge is 0.306 e. The third kappa shape index (κ3) is 3.64. The van der Waals surface area contributed by atoms with Crippen molar-refractivity contribution in [3.05, 3.63) is 35.2 Å². The van der Waals surface area contributed by atoms with Gasteiger partial charge in [-0.15, -0.1) is 0 Å². The molecule has 24 heavy (non-hydrogen) atoms. The number of benzene rings is 1. The van der Waals surface area contributed by atoms with Gasteiger partial charge in [-0.1, -0.05) is 24.2 Å². The number of nitrogens with zero attached hydrogens (tertiary/aromatic N) is 2. The summed E-state index contributed by atoms with van der Waals surface area (Å²) in [6, 6.07) is 6.18. The van der Waals surface area contributed by atoms with E-state index in [1.54, 1.807) is 7.11 Å². The van der Waals surface area contributed by atoms with Crippen LogP contribution in [0.4, 0.5) is 0 Å². The maximum absolute atomic E-state index is 11.9. The number of hydrogen-bond acceptors (Lipinski definition) is 6. The van der Waals surface area contributed by atoms with Gasteiger partial charge in [0.1, 0.15) is 6.61 Å². The van der Waals surface area contributed by atoms with E-state index < -0.39 is 0 Å². The van der Waals surface area contributed by atoms with Gasteiger partial charge in [-0.25, -0.2) is 0 Å². The van der Waals surface area contributed by atoms with Crippen LogP contribution in [0.5, 0.6) is 0 Å². The Labute approximate surface area is 141 Å². The summed E-state index contributed by atoms with van der Waals surface area (Å²) in [4.78, 5) is 16.3. The van der Waals surface area contributed by atoms with E-state index in [4.69, 9.17) is 14.0 Å². The van der Waals surface area contributed by atoms with Crippen molar-refractivity contribution in [1.82, 2.24) is 10.1 Å². The van der Waals surface area contributed by atoms with E-state index in [0.29, 0.717) is 31.3 Å². The Morgan fingerprint density at radius 2 is 2.25 bits per heavy atom. The van der Waals surface area contributed by atoms with E-state index in [2.05, 4.69) is 22.3 Å². The van der Waals surface area contributed by atoms with E-state index >= 15 is 0 Å². The molecule has 0 spiro atoms. The van der Waals surface area contributed by atoms with Crippen molar-refractivity contribution in [2.45, 2.75) is 38.5 Å². The SMILES string of the molecule is CCc1nc(-c2ccc3c(c2)CC[C@H]3CC(=O)OCCOC)no1. The molecule has 1 atom stereocenters. The van der Waals surface area contributed by atoms with Gasteiger partial charge in [-0.05, 0) is 36.0 Å². The minimum Gasteiger partial charge on any atom is -0.463 e. The molecule has 0 radical (unpaired) electrons.